The van der Waals surface area contributed by atoms with Crippen LogP contribution < -0.4 is 4.90 Å². The maximum atomic E-state index is 13.5. The van der Waals surface area contributed by atoms with Gasteiger partial charge in [0.2, 0.25) is 0 Å². The van der Waals surface area contributed by atoms with E-state index in [-0.39, 0.29) is 17.5 Å². The number of fused-ring (bicyclic) bond motifs is 1. The van der Waals surface area contributed by atoms with Crippen LogP contribution in [0.25, 0.3) is 0 Å². The summed E-state index contributed by atoms with van der Waals surface area (Å²) in [7, 11) is 0. The van der Waals surface area contributed by atoms with Gasteiger partial charge in [-0.05, 0) is 41.2 Å². The van der Waals surface area contributed by atoms with Crippen LogP contribution in [-0.4, -0.2) is 10.9 Å². The van der Waals surface area contributed by atoms with Gasteiger partial charge in [0, 0.05) is 12.5 Å². The molecule has 1 aliphatic heterocycles. The van der Waals surface area contributed by atoms with Crippen molar-refractivity contribution < 1.29 is 9.50 Å². The van der Waals surface area contributed by atoms with Gasteiger partial charge in [-0.15, -0.1) is 11.8 Å². The van der Waals surface area contributed by atoms with Crippen molar-refractivity contribution in [1.29, 1.82) is 0 Å². The summed E-state index contributed by atoms with van der Waals surface area (Å²) in [5, 5.41) is 11.5. The standard InChI is InChI=1S/C19H20FNOS/c1-3-23-18-10-13(2)16-8-5-9-17(22)19(16)21(18)12-14-6-4-7-15(20)11-14/h4-11,13,22H,3,12H2,1-2H3. The van der Waals surface area contributed by atoms with Gasteiger partial charge in [-0.2, -0.15) is 0 Å². The van der Waals surface area contributed by atoms with Crippen molar-refractivity contribution in [3.8, 4) is 5.75 Å². The predicted molar refractivity (Wildman–Crippen MR) is 95.3 cm³/mol. The summed E-state index contributed by atoms with van der Waals surface area (Å²) in [6.45, 7) is 4.78. The SMILES string of the molecule is CCSC1=CC(C)c2cccc(O)c2N1Cc1cccc(F)c1. The van der Waals surface area contributed by atoms with Gasteiger partial charge in [0.05, 0.1) is 10.7 Å². The molecule has 1 atom stereocenters. The second-order valence-corrected chi connectivity index (χ2v) is 6.94. The Bertz CT molecular complexity index is 744. The minimum absolute atomic E-state index is 0.237. The van der Waals surface area contributed by atoms with Crippen LogP contribution in [0, 0.1) is 5.82 Å². The van der Waals surface area contributed by atoms with Crippen LogP contribution in [0.1, 0.15) is 30.9 Å². The molecule has 0 fully saturated rings. The number of thioether (sulfide) groups is 1. The van der Waals surface area contributed by atoms with Crippen LogP contribution >= 0.6 is 11.8 Å². The number of allylic oxidation sites excluding steroid dienone is 1. The van der Waals surface area contributed by atoms with Crippen molar-refractivity contribution in [3.05, 3.63) is 70.5 Å². The average Bonchev–Trinajstić information content (AvgIpc) is 2.51. The summed E-state index contributed by atoms with van der Waals surface area (Å²) in [5.74, 6) is 1.23. The molecule has 1 N–H and O–H groups in total. The molecular formula is C19H20FNOS. The molecule has 2 aromatic rings. The topological polar surface area (TPSA) is 23.5 Å². The highest BCUT2D eigenvalue weighted by Crippen LogP contribution is 2.45. The van der Waals surface area contributed by atoms with Crippen LogP contribution in [0.15, 0.2) is 53.6 Å². The molecular weight excluding hydrogens is 309 g/mol. The molecule has 23 heavy (non-hydrogen) atoms. The van der Waals surface area contributed by atoms with E-state index >= 15 is 0 Å². The third kappa shape index (κ3) is 3.22. The number of rotatable bonds is 4. The normalized spacial score (nSPS) is 16.9. The first-order chi connectivity index (χ1) is 11.1. The van der Waals surface area contributed by atoms with E-state index in [2.05, 4.69) is 24.8 Å². The first-order valence-corrected chi connectivity index (χ1v) is 8.77. The molecule has 1 aliphatic rings. The third-order valence-corrected chi connectivity index (χ3v) is 4.93. The number of hydrogen-bond acceptors (Lipinski definition) is 3. The molecule has 2 nitrogen and oxygen atoms in total. The smallest absolute Gasteiger partial charge is 0.139 e. The van der Waals surface area contributed by atoms with Crippen LogP contribution in [0.2, 0.25) is 0 Å². The number of nitrogens with zero attached hydrogens (tertiary/aromatic N) is 1. The lowest BCUT2D eigenvalue weighted by atomic mass is 9.95. The van der Waals surface area contributed by atoms with Crippen LogP contribution in [-0.2, 0) is 6.54 Å². The number of para-hydroxylation sites is 1. The molecule has 0 radical (unpaired) electrons. The van der Waals surface area contributed by atoms with E-state index in [1.54, 1.807) is 30.0 Å². The Kier molecular flexibility index (Phi) is 4.62. The molecule has 0 saturated carbocycles. The van der Waals surface area contributed by atoms with E-state index in [1.807, 2.05) is 18.2 Å². The maximum absolute atomic E-state index is 13.5. The van der Waals surface area contributed by atoms with Crippen LogP contribution in [0.5, 0.6) is 5.75 Å². The molecule has 120 valence electrons. The summed E-state index contributed by atoms with van der Waals surface area (Å²) in [6.07, 6.45) is 2.22. The van der Waals surface area contributed by atoms with Gasteiger partial charge in [-0.3, -0.25) is 0 Å². The molecule has 0 bridgehead atoms. The molecule has 0 aliphatic carbocycles. The van der Waals surface area contributed by atoms with E-state index in [1.165, 1.54) is 6.07 Å². The maximum Gasteiger partial charge on any atom is 0.139 e. The third-order valence-electron chi connectivity index (χ3n) is 3.99. The highest BCUT2D eigenvalue weighted by Gasteiger charge is 2.26. The summed E-state index contributed by atoms with van der Waals surface area (Å²) < 4.78 is 13.5. The molecule has 4 heteroatoms. The fraction of sp³-hybridized carbons (Fsp3) is 0.263. The Hall–Kier alpha value is -1.94. The first kappa shape index (κ1) is 15.9. The number of anilines is 1. The number of phenolic OH excluding ortho intramolecular Hbond substituents is 1. The van der Waals surface area contributed by atoms with Crippen molar-refractivity contribution in [3.63, 3.8) is 0 Å². The van der Waals surface area contributed by atoms with Crippen molar-refractivity contribution in [2.24, 2.45) is 0 Å². The fourth-order valence-corrected chi connectivity index (χ4v) is 3.87. The minimum Gasteiger partial charge on any atom is -0.506 e. The number of benzene rings is 2. The summed E-state index contributed by atoms with van der Waals surface area (Å²) >= 11 is 1.74. The molecule has 2 aromatic carbocycles. The summed E-state index contributed by atoms with van der Waals surface area (Å²) in [6, 6.07) is 12.3. The molecule has 0 aromatic heterocycles. The molecule has 0 spiro atoms. The Morgan fingerprint density at radius 3 is 2.74 bits per heavy atom. The largest absolute Gasteiger partial charge is 0.506 e. The Morgan fingerprint density at radius 2 is 2.00 bits per heavy atom. The van der Waals surface area contributed by atoms with Gasteiger partial charge in [0.25, 0.3) is 0 Å². The second-order valence-electron chi connectivity index (χ2n) is 5.66. The molecule has 1 heterocycles. The van der Waals surface area contributed by atoms with Crippen molar-refractivity contribution in [2.45, 2.75) is 26.3 Å². The van der Waals surface area contributed by atoms with Gasteiger partial charge in [-0.1, -0.05) is 38.1 Å². The lowest BCUT2D eigenvalue weighted by Crippen LogP contribution is -2.26. The lowest BCUT2D eigenvalue weighted by Gasteiger charge is -2.35. The number of aromatic hydroxyl groups is 1. The zero-order valence-corrected chi connectivity index (χ0v) is 14.1. The average molecular weight is 329 g/mol. The molecule has 1 unspecified atom stereocenters. The lowest BCUT2D eigenvalue weighted by molar-refractivity contribution is 0.473. The van der Waals surface area contributed by atoms with Gasteiger partial charge >= 0.3 is 0 Å². The molecule has 0 saturated heterocycles. The van der Waals surface area contributed by atoms with Gasteiger partial charge in [0.15, 0.2) is 0 Å². The number of hydrogen-bond donors (Lipinski definition) is 1. The minimum atomic E-state index is -0.237. The predicted octanol–water partition coefficient (Wildman–Crippen LogP) is 5.25. The van der Waals surface area contributed by atoms with Gasteiger partial charge < -0.3 is 10.0 Å². The van der Waals surface area contributed by atoms with Crippen molar-refractivity contribution in [1.82, 2.24) is 0 Å². The van der Waals surface area contributed by atoms with E-state index in [4.69, 9.17) is 0 Å². The second kappa shape index (κ2) is 6.67. The Morgan fingerprint density at radius 1 is 1.22 bits per heavy atom. The monoisotopic (exact) mass is 329 g/mol. The highest BCUT2D eigenvalue weighted by atomic mass is 32.2. The Balaban J connectivity index is 2.05. The molecule has 3 rings (SSSR count). The quantitative estimate of drug-likeness (QED) is 0.829. The van der Waals surface area contributed by atoms with Gasteiger partial charge in [0.1, 0.15) is 11.6 Å². The van der Waals surface area contributed by atoms with Crippen molar-refractivity contribution in [2.75, 3.05) is 10.7 Å². The van der Waals surface area contributed by atoms with E-state index in [0.717, 1.165) is 27.6 Å². The van der Waals surface area contributed by atoms with E-state index in [9.17, 15) is 9.50 Å². The van der Waals surface area contributed by atoms with Crippen LogP contribution in [0.4, 0.5) is 10.1 Å². The zero-order chi connectivity index (χ0) is 16.4. The number of halogens is 1. The van der Waals surface area contributed by atoms with E-state index in [0.29, 0.717) is 6.54 Å². The Labute approximate surface area is 140 Å². The fourth-order valence-electron chi connectivity index (χ4n) is 2.96. The zero-order valence-electron chi connectivity index (χ0n) is 13.3. The number of phenols is 1. The summed E-state index contributed by atoms with van der Waals surface area (Å²) in [5.41, 5.74) is 2.82. The van der Waals surface area contributed by atoms with Crippen LogP contribution in [0.3, 0.4) is 0 Å². The first-order valence-electron chi connectivity index (χ1n) is 7.78. The van der Waals surface area contributed by atoms with Crippen molar-refractivity contribution >= 4 is 17.4 Å². The highest BCUT2D eigenvalue weighted by molar-refractivity contribution is 8.03. The molecule has 0 amide bonds. The summed E-state index contributed by atoms with van der Waals surface area (Å²) in [4.78, 5) is 2.09. The van der Waals surface area contributed by atoms with Gasteiger partial charge in [-0.25, -0.2) is 4.39 Å². The van der Waals surface area contributed by atoms with E-state index < -0.39 is 0 Å².